The Morgan fingerprint density at radius 1 is 0.769 bits per heavy atom. The van der Waals surface area contributed by atoms with Gasteiger partial charge in [0.2, 0.25) is 0 Å². The summed E-state index contributed by atoms with van der Waals surface area (Å²) >= 11 is 2.38. The van der Waals surface area contributed by atoms with E-state index in [1.54, 1.807) is 0 Å². The predicted molar refractivity (Wildman–Crippen MR) is 105 cm³/mol. The first kappa shape index (κ1) is 19.1. The first-order chi connectivity index (χ1) is 12.6. The third-order valence-electron chi connectivity index (χ3n) is 4.90. The zero-order valence-corrected chi connectivity index (χ0v) is 17.7. The number of nitrogens with zero attached hydrogens (tertiary/aromatic N) is 2. The third kappa shape index (κ3) is 4.16. The van der Waals surface area contributed by atoms with Gasteiger partial charge < -0.3 is 5.73 Å². The Hall–Kier alpha value is -1.70. The van der Waals surface area contributed by atoms with E-state index in [4.69, 9.17) is 5.73 Å². The maximum atomic E-state index is 5.53. The molecule has 2 N–H and O–H groups in total. The molecule has 3 nitrogen and oxygen atoms in total. The van der Waals surface area contributed by atoms with Crippen molar-refractivity contribution >= 4 is 0 Å². The van der Waals surface area contributed by atoms with E-state index < -0.39 is 0 Å². The molecule has 0 radical (unpaired) electrons. The number of nitrogens with two attached hydrogens (primary N) is 1. The fraction of sp³-hybridized carbons (Fsp3) is 0.318. The molecule has 1 heterocycles. The van der Waals surface area contributed by atoms with E-state index in [0.29, 0.717) is 6.04 Å². The summed E-state index contributed by atoms with van der Waals surface area (Å²) in [5, 5.41) is 0. The summed E-state index contributed by atoms with van der Waals surface area (Å²) in [6, 6.07) is 21.7. The number of aromatic nitrogens is 2. The molecule has 1 aliphatic rings. The van der Waals surface area contributed by atoms with Gasteiger partial charge in [-0.1, -0.05) is 12.8 Å². The van der Waals surface area contributed by atoms with Crippen LogP contribution in [-0.4, -0.2) is 15.2 Å². The van der Waals surface area contributed by atoms with Gasteiger partial charge in [0.25, 0.3) is 0 Å². The monoisotopic (exact) mass is 528 g/mol. The van der Waals surface area contributed by atoms with Crippen molar-refractivity contribution in [1.29, 1.82) is 0 Å². The van der Waals surface area contributed by atoms with Crippen LogP contribution in [0.25, 0.3) is 22.5 Å². The van der Waals surface area contributed by atoms with Crippen LogP contribution in [0.3, 0.4) is 0 Å². The minimum atomic E-state index is 0.546. The zero-order valence-electron chi connectivity index (χ0n) is 15.5. The molecule has 0 aliphatic heterocycles. The largest absolute Gasteiger partial charge is 0.328 e. The van der Waals surface area contributed by atoms with Crippen LogP contribution in [-0.2, 0) is 33.4 Å². The summed E-state index contributed by atoms with van der Waals surface area (Å²) in [6.07, 6.45) is 5.25. The van der Waals surface area contributed by atoms with Gasteiger partial charge in [0, 0.05) is 6.04 Å². The smallest absolute Gasteiger partial charge is 0.00388 e. The molecule has 1 aromatic heterocycles. The minimum Gasteiger partial charge on any atom is -0.328 e. The van der Waals surface area contributed by atoms with Crippen LogP contribution in [0.2, 0.25) is 0 Å². The van der Waals surface area contributed by atoms with Crippen LogP contribution in [0.15, 0.2) is 60.7 Å². The molecule has 0 unspecified atom stereocenters. The Morgan fingerprint density at radius 3 is 1.46 bits per heavy atom. The Balaban J connectivity index is 0.000000278. The summed E-state index contributed by atoms with van der Waals surface area (Å²) in [5.41, 5.74) is 10.5. The fourth-order valence-corrected chi connectivity index (χ4v) is 4.03. The van der Waals surface area contributed by atoms with Gasteiger partial charge in [0.05, 0.1) is 0 Å². The van der Waals surface area contributed by atoms with Crippen molar-refractivity contribution in [3.8, 4) is 22.5 Å². The van der Waals surface area contributed by atoms with Crippen LogP contribution < -0.4 is 5.73 Å². The number of hydrogen-bond acceptors (Lipinski definition) is 1. The molecule has 4 rings (SSSR count). The summed E-state index contributed by atoms with van der Waals surface area (Å²) in [7, 11) is 4.24. The summed E-state index contributed by atoms with van der Waals surface area (Å²) < 4.78 is 5.71. The van der Waals surface area contributed by atoms with Crippen molar-refractivity contribution in [2.45, 2.75) is 31.7 Å². The normalized spacial score (nSPS) is 14.2. The molecule has 0 amide bonds. The van der Waals surface area contributed by atoms with E-state index in [2.05, 4.69) is 103 Å². The van der Waals surface area contributed by atoms with Gasteiger partial charge in [-0.15, -0.1) is 0 Å². The zero-order chi connectivity index (χ0) is 18.5. The number of hydrogen-bond donors (Lipinski definition) is 1. The molecule has 140 valence electrons. The molecular weight excluding hydrogens is 501 g/mol. The van der Waals surface area contributed by atoms with E-state index in [0.717, 1.165) is 0 Å². The second-order valence-corrected chi connectivity index (χ2v) is 7.85. The molecule has 2 aromatic carbocycles. The quantitative estimate of drug-likeness (QED) is 0.516. The van der Waals surface area contributed by atoms with Crippen LogP contribution >= 0.6 is 0 Å². The first-order valence-corrected chi connectivity index (χ1v) is 10.3. The van der Waals surface area contributed by atoms with Gasteiger partial charge in [-0.25, -0.2) is 0 Å². The Morgan fingerprint density at radius 2 is 1.15 bits per heavy atom. The van der Waals surface area contributed by atoms with Crippen molar-refractivity contribution < 1.29 is 19.4 Å². The van der Waals surface area contributed by atoms with Crippen molar-refractivity contribution in [2.24, 2.45) is 19.8 Å². The first-order valence-electron chi connectivity index (χ1n) is 9.17. The molecule has 0 atom stereocenters. The van der Waals surface area contributed by atoms with Gasteiger partial charge in [0.1, 0.15) is 0 Å². The van der Waals surface area contributed by atoms with Crippen LogP contribution in [0.1, 0.15) is 25.7 Å². The van der Waals surface area contributed by atoms with E-state index in [9.17, 15) is 0 Å². The van der Waals surface area contributed by atoms with E-state index >= 15 is 0 Å². The van der Waals surface area contributed by atoms with E-state index in [-0.39, 0.29) is 0 Å². The van der Waals surface area contributed by atoms with Crippen LogP contribution in [0.5, 0.6) is 0 Å². The van der Waals surface area contributed by atoms with Gasteiger partial charge in [0.15, 0.2) is 0 Å². The molecule has 0 bridgehead atoms. The predicted octanol–water partition coefficient (Wildman–Crippen LogP) is 4.66. The van der Waals surface area contributed by atoms with Crippen LogP contribution in [0, 0.1) is 3.80 Å². The maximum absolute atomic E-state index is 5.53. The number of benzene rings is 2. The Bertz CT molecular complexity index is 822. The second kappa shape index (κ2) is 8.79. The molecule has 1 aliphatic carbocycles. The average molecular weight is 529 g/mol. The van der Waals surface area contributed by atoms with Gasteiger partial charge in [-0.05, 0) is 12.8 Å². The molecule has 26 heavy (non-hydrogen) atoms. The summed E-state index contributed by atoms with van der Waals surface area (Å²) in [4.78, 5) is 0. The van der Waals surface area contributed by atoms with Crippen molar-refractivity contribution in [3.63, 3.8) is 0 Å². The molecule has 3 aromatic rings. The molecule has 1 fully saturated rings. The van der Waals surface area contributed by atoms with Crippen LogP contribution in [0.4, 0.5) is 0 Å². The average Bonchev–Trinajstić information content (AvgIpc) is 3.24. The van der Waals surface area contributed by atoms with E-state index in [1.165, 1.54) is 52.0 Å². The molecule has 1 saturated carbocycles. The van der Waals surface area contributed by atoms with Gasteiger partial charge in [-0.3, -0.25) is 0 Å². The number of rotatable bonds is 2. The standard InChI is InChI=1S/C17H16N2.C5H11N.Pt/c1-18-13-19(2)17(15-11-7-4-8-12-15)16(18)14-9-5-3-6-10-14;6-5-3-1-2-4-5;/h3-12H,1-2H3;5H,1-4,6H2;. The third-order valence-corrected chi connectivity index (χ3v) is 6.43. The van der Waals surface area contributed by atoms with Crippen molar-refractivity contribution in [3.05, 3.63) is 64.5 Å². The maximum Gasteiger partial charge on any atom is 0.00388 e. The molecular formula is C22H27N3Pt. The molecule has 4 heteroatoms. The van der Waals surface area contributed by atoms with Gasteiger partial charge >= 0.3 is 130 Å². The Labute approximate surface area is 166 Å². The van der Waals surface area contributed by atoms with Crippen molar-refractivity contribution in [1.82, 2.24) is 9.13 Å². The minimum absolute atomic E-state index is 0.546. The summed E-state index contributed by atoms with van der Waals surface area (Å²) in [5.74, 6) is 0. The fourth-order valence-electron chi connectivity index (χ4n) is 3.52. The topological polar surface area (TPSA) is 35.9 Å². The van der Waals surface area contributed by atoms with Crippen molar-refractivity contribution in [2.75, 3.05) is 0 Å². The SMILES string of the molecule is Cn1c(-c2ccccc2)c(-c2ccccc2)n(C)[c]1=[Pt].NC1CCCC1. The number of imidazole rings is 1. The molecule has 0 spiro atoms. The Kier molecular flexibility index (Phi) is 6.45. The molecule has 0 saturated heterocycles. The summed E-state index contributed by atoms with van der Waals surface area (Å²) in [6.45, 7) is 0. The van der Waals surface area contributed by atoms with E-state index in [1.807, 2.05) is 0 Å². The second-order valence-electron chi connectivity index (χ2n) is 6.83. The van der Waals surface area contributed by atoms with Gasteiger partial charge in [-0.2, -0.15) is 0 Å².